The van der Waals surface area contributed by atoms with Gasteiger partial charge in [0.2, 0.25) is 0 Å². The van der Waals surface area contributed by atoms with Gasteiger partial charge in [0.1, 0.15) is 0 Å². The van der Waals surface area contributed by atoms with Crippen LogP contribution in [0.15, 0.2) is 24.3 Å². The van der Waals surface area contributed by atoms with Crippen molar-refractivity contribution in [3.05, 3.63) is 34.9 Å². The van der Waals surface area contributed by atoms with E-state index in [-0.39, 0.29) is 0 Å². The first-order valence-corrected chi connectivity index (χ1v) is 6.31. The van der Waals surface area contributed by atoms with Crippen molar-refractivity contribution in [3.63, 3.8) is 0 Å². The zero-order valence-electron chi connectivity index (χ0n) is 7.93. The smallest absolute Gasteiger partial charge is 0.266 e. The fourth-order valence-electron chi connectivity index (χ4n) is 1.30. The molecular weight excluding hydrogens is 238 g/mol. The average Bonchev–Trinajstić information content (AvgIpc) is 1.99. The first kappa shape index (κ1) is 12.4. The number of benzene rings is 1. The zero-order chi connectivity index (χ0) is 11.5. The predicted octanol–water partition coefficient (Wildman–Crippen LogP) is 1.10. The third kappa shape index (κ3) is 5.13. The molecule has 0 saturated heterocycles. The first-order valence-electron chi connectivity index (χ1n) is 4.32. The molecule has 1 aromatic carbocycles. The number of hydrogen-bond acceptors (Lipinski definition) is 3. The van der Waals surface area contributed by atoms with Gasteiger partial charge in [0, 0.05) is 11.1 Å². The topological polar surface area (TPSA) is 80.4 Å². The van der Waals surface area contributed by atoms with Crippen molar-refractivity contribution in [2.45, 2.75) is 12.5 Å². The van der Waals surface area contributed by atoms with E-state index in [0.717, 1.165) is 5.56 Å². The molecular formula is C9H12ClNO3S. The van der Waals surface area contributed by atoms with Crippen LogP contribution in [0.5, 0.6) is 0 Å². The summed E-state index contributed by atoms with van der Waals surface area (Å²) in [4.78, 5) is 0. The molecule has 0 saturated carbocycles. The van der Waals surface area contributed by atoms with E-state index < -0.39 is 21.9 Å². The maximum atomic E-state index is 10.5. The van der Waals surface area contributed by atoms with Crippen LogP contribution < -0.4 is 5.73 Å². The molecule has 84 valence electrons. The summed E-state index contributed by atoms with van der Waals surface area (Å²) in [5.41, 5.74) is 6.41. The van der Waals surface area contributed by atoms with Crippen LogP contribution in [0, 0.1) is 0 Å². The number of halogens is 1. The summed E-state index contributed by atoms with van der Waals surface area (Å²) >= 11 is 5.75. The van der Waals surface area contributed by atoms with Crippen LogP contribution >= 0.6 is 11.6 Å². The van der Waals surface area contributed by atoms with Crippen LogP contribution in [-0.4, -0.2) is 24.8 Å². The van der Waals surface area contributed by atoms with Crippen molar-refractivity contribution < 1.29 is 13.0 Å². The number of nitrogens with two attached hydrogens (primary N) is 1. The van der Waals surface area contributed by atoms with Gasteiger partial charge in [0.15, 0.2) is 0 Å². The van der Waals surface area contributed by atoms with E-state index in [1.54, 1.807) is 24.3 Å². The Balaban J connectivity index is 2.63. The summed E-state index contributed by atoms with van der Waals surface area (Å²) in [6, 6.07) is 6.37. The molecule has 0 aliphatic rings. The molecule has 0 amide bonds. The fraction of sp³-hybridized carbons (Fsp3) is 0.333. The van der Waals surface area contributed by atoms with Gasteiger partial charge in [-0.25, -0.2) is 0 Å². The second-order valence-corrected chi connectivity index (χ2v) is 5.28. The summed E-state index contributed by atoms with van der Waals surface area (Å²) < 4.78 is 29.7. The summed E-state index contributed by atoms with van der Waals surface area (Å²) in [5.74, 6) is -0.445. The number of rotatable bonds is 4. The maximum absolute atomic E-state index is 10.5. The van der Waals surface area contributed by atoms with Crippen molar-refractivity contribution in [2.24, 2.45) is 5.73 Å². The monoisotopic (exact) mass is 249 g/mol. The molecule has 0 radical (unpaired) electrons. The van der Waals surface area contributed by atoms with E-state index in [2.05, 4.69) is 0 Å². The molecule has 0 aliphatic carbocycles. The predicted molar refractivity (Wildman–Crippen MR) is 59.5 cm³/mol. The largest absolute Gasteiger partial charge is 0.326 e. The summed E-state index contributed by atoms with van der Waals surface area (Å²) in [5, 5.41) is 0.576. The van der Waals surface area contributed by atoms with Crippen LogP contribution in [0.25, 0.3) is 0 Å². The minimum Gasteiger partial charge on any atom is -0.326 e. The molecule has 15 heavy (non-hydrogen) atoms. The van der Waals surface area contributed by atoms with Gasteiger partial charge in [-0.15, -0.1) is 0 Å². The lowest BCUT2D eigenvalue weighted by molar-refractivity contribution is 0.476. The summed E-state index contributed by atoms with van der Waals surface area (Å²) in [6.07, 6.45) is 0.361. The van der Waals surface area contributed by atoms with Gasteiger partial charge in [-0.1, -0.05) is 23.7 Å². The lowest BCUT2D eigenvalue weighted by Crippen LogP contribution is -2.31. The van der Waals surface area contributed by atoms with Gasteiger partial charge in [-0.2, -0.15) is 8.42 Å². The van der Waals surface area contributed by atoms with Crippen LogP contribution in [0.3, 0.4) is 0 Å². The molecule has 0 spiro atoms. The molecule has 6 heteroatoms. The molecule has 4 nitrogen and oxygen atoms in total. The van der Waals surface area contributed by atoms with Crippen LogP contribution in [0.1, 0.15) is 5.56 Å². The van der Waals surface area contributed by atoms with Crippen molar-refractivity contribution in [2.75, 3.05) is 5.75 Å². The Kier molecular flexibility index (Phi) is 4.10. The molecule has 0 aliphatic heterocycles. The highest BCUT2D eigenvalue weighted by Crippen LogP contribution is 2.12. The van der Waals surface area contributed by atoms with Crippen molar-refractivity contribution >= 4 is 21.7 Å². The van der Waals surface area contributed by atoms with Crippen LogP contribution in [0.2, 0.25) is 5.02 Å². The second-order valence-electron chi connectivity index (χ2n) is 3.34. The Hall–Kier alpha value is -0.620. The van der Waals surface area contributed by atoms with E-state index in [1.807, 2.05) is 0 Å². The van der Waals surface area contributed by atoms with Crippen LogP contribution in [0.4, 0.5) is 0 Å². The van der Waals surface area contributed by atoms with Gasteiger partial charge in [0.05, 0.1) is 5.75 Å². The minimum atomic E-state index is -4.01. The summed E-state index contributed by atoms with van der Waals surface area (Å²) in [6.45, 7) is 0. The lowest BCUT2D eigenvalue weighted by atomic mass is 10.1. The van der Waals surface area contributed by atoms with Crippen molar-refractivity contribution in [1.29, 1.82) is 0 Å². The SMILES string of the molecule is NC(Cc1cccc(Cl)c1)CS(=O)(=O)O. The van der Waals surface area contributed by atoms with Crippen molar-refractivity contribution in [3.8, 4) is 0 Å². The fourth-order valence-corrected chi connectivity index (χ4v) is 2.17. The van der Waals surface area contributed by atoms with Gasteiger partial charge in [-0.3, -0.25) is 4.55 Å². The number of hydrogen-bond donors (Lipinski definition) is 2. The van der Waals surface area contributed by atoms with Gasteiger partial charge in [0.25, 0.3) is 10.1 Å². The summed E-state index contributed by atoms with van der Waals surface area (Å²) in [7, 11) is -4.01. The molecule has 0 bridgehead atoms. The zero-order valence-corrected chi connectivity index (χ0v) is 9.50. The highest BCUT2D eigenvalue weighted by molar-refractivity contribution is 7.85. The Labute approximate surface area is 93.8 Å². The highest BCUT2D eigenvalue weighted by atomic mass is 35.5. The molecule has 1 atom stereocenters. The molecule has 0 aromatic heterocycles. The Morgan fingerprint density at radius 2 is 2.13 bits per heavy atom. The normalized spacial score (nSPS) is 13.8. The van der Waals surface area contributed by atoms with Crippen LogP contribution in [-0.2, 0) is 16.5 Å². The first-order chi connectivity index (χ1) is 6.87. The molecule has 0 heterocycles. The molecule has 0 fully saturated rings. The standard InChI is InChI=1S/C9H12ClNO3S/c10-8-3-1-2-7(4-8)5-9(11)6-15(12,13)14/h1-4,9H,5-6,11H2,(H,12,13,14). The Morgan fingerprint density at radius 3 is 2.67 bits per heavy atom. The van der Waals surface area contributed by atoms with Gasteiger partial charge in [-0.05, 0) is 24.1 Å². The molecule has 1 unspecified atom stereocenters. The van der Waals surface area contributed by atoms with E-state index in [0.29, 0.717) is 11.4 Å². The minimum absolute atomic E-state index is 0.361. The highest BCUT2D eigenvalue weighted by Gasteiger charge is 2.13. The molecule has 1 rings (SSSR count). The van der Waals surface area contributed by atoms with Gasteiger partial charge >= 0.3 is 0 Å². The Bertz CT molecular complexity index is 433. The maximum Gasteiger partial charge on any atom is 0.266 e. The molecule has 1 aromatic rings. The lowest BCUT2D eigenvalue weighted by Gasteiger charge is -2.09. The van der Waals surface area contributed by atoms with E-state index in [1.165, 1.54) is 0 Å². The quantitative estimate of drug-likeness (QED) is 0.783. The molecule has 3 N–H and O–H groups in total. The average molecular weight is 250 g/mol. The Morgan fingerprint density at radius 1 is 1.47 bits per heavy atom. The van der Waals surface area contributed by atoms with E-state index >= 15 is 0 Å². The third-order valence-corrected chi connectivity index (χ3v) is 2.90. The van der Waals surface area contributed by atoms with E-state index in [9.17, 15) is 8.42 Å². The second kappa shape index (κ2) is 4.94. The van der Waals surface area contributed by atoms with Gasteiger partial charge < -0.3 is 5.73 Å². The van der Waals surface area contributed by atoms with Crippen molar-refractivity contribution in [1.82, 2.24) is 0 Å². The van der Waals surface area contributed by atoms with E-state index in [4.69, 9.17) is 21.9 Å². The third-order valence-electron chi connectivity index (χ3n) is 1.81.